The van der Waals surface area contributed by atoms with E-state index in [1.54, 1.807) is 24.4 Å². The van der Waals surface area contributed by atoms with Crippen LogP contribution in [0.15, 0.2) is 42.6 Å². The average Bonchev–Trinajstić information content (AvgIpc) is 2.38. The number of pyridine rings is 1. The molecule has 0 aliphatic rings. The average molecular weight is 245 g/mol. The quantitative estimate of drug-likeness (QED) is 0.870. The van der Waals surface area contributed by atoms with Gasteiger partial charge in [-0.1, -0.05) is 31.2 Å². The predicted molar refractivity (Wildman–Crippen MR) is 70.6 cm³/mol. The summed E-state index contributed by atoms with van der Waals surface area (Å²) in [6.45, 7) is 2.69. The first-order valence-corrected chi connectivity index (χ1v) is 5.92. The Labute approximate surface area is 106 Å². The first kappa shape index (κ1) is 12.5. The van der Waals surface area contributed by atoms with E-state index in [0.717, 1.165) is 5.56 Å². The molecule has 1 unspecified atom stereocenters. The van der Waals surface area contributed by atoms with Crippen LogP contribution < -0.4 is 11.1 Å². The molecule has 0 bridgehead atoms. The molecule has 0 saturated heterocycles. The molecule has 4 heteroatoms. The van der Waals surface area contributed by atoms with Gasteiger partial charge in [-0.15, -0.1) is 0 Å². The Bertz CT molecular complexity index is 482. The van der Waals surface area contributed by atoms with E-state index >= 15 is 0 Å². The van der Waals surface area contributed by atoms with Crippen molar-refractivity contribution in [2.45, 2.75) is 13.0 Å². The fourth-order valence-corrected chi connectivity index (χ4v) is 1.97. The summed E-state index contributed by atoms with van der Waals surface area (Å²) in [5, 5.41) is 3.24. The van der Waals surface area contributed by atoms with Gasteiger partial charge in [0.2, 0.25) is 0 Å². The number of halogens is 1. The van der Waals surface area contributed by atoms with Crippen molar-refractivity contribution in [3.63, 3.8) is 0 Å². The number of benzene rings is 1. The number of nitrogens with zero attached hydrogens (tertiary/aromatic N) is 1. The van der Waals surface area contributed by atoms with Crippen LogP contribution in [0.4, 0.5) is 10.2 Å². The zero-order valence-electron chi connectivity index (χ0n) is 10.2. The second-order valence-corrected chi connectivity index (χ2v) is 3.99. The number of nitrogens with one attached hydrogen (secondary N) is 1. The summed E-state index contributed by atoms with van der Waals surface area (Å²) in [6, 6.07) is 10.1. The van der Waals surface area contributed by atoms with Crippen molar-refractivity contribution in [2.75, 3.05) is 12.3 Å². The van der Waals surface area contributed by atoms with Gasteiger partial charge >= 0.3 is 0 Å². The summed E-state index contributed by atoms with van der Waals surface area (Å²) in [7, 11) is 0. The van der Waals surface area contributed by atoms with E-state index in [9.17, 15) is 4.39 Å². The Morgan fingerprint density at radius 3 is 2.61 bits per heavy atom. The Hall–Kier alpha value is -1.94. The summed E-state index contributed by atoms with van der Waals surface area (Å²) in [6.07, 6.45) is 1.63. The molecule has 2 rings (SSSR count). The number of rotatable bonds is 4. The molecule has 0 amide bonds. The second-order valence-electron chi connectivity index (χ2n) is 3.99. The molecule has 1 aromatic carbocycles. The fourth-order valence-electron chi connectivity index (χ4n) is 1.97. The van der Waals surface area contributed by atoms with E-state index in [-0.39, 0.29) is 11.9 Å². The van der Waals surface area contributed by atoms with Gasteiger partial charge in [0.05, 0.1) is 6.04 Å². The van der Waals surface area contributed by atoms with Crippen LogP contribution in [0.3, 0.4) is 0 Å². The minimum absolute atomic E-state index is 0.244. The number of hydrogen-bond donors (Lipinski definition) is 2. The van der Waals surface area contributed by atoms with Gasteiger partial charge in [-0.2, -0.15) is 0 Å². The van der Waals surface area contributed by atoms with Gasteiger partial charge < -0.3 is 11.1 Å². The molecule has 3 nitrogen and oxygen atoms in total. The number of anilines is 1. The van der Waals surface area contributed by atoms with Crippen molar-refractivity contribution in [3.05, 3.63) is 59.5 Å². The van der Waals surface area contributed by atoms with Gasteiger partial charge in [-0.25, -0.2) is 9.37 Å². The van der Waals surface area contributed by atoms with Gasteiger partial charge in [0.15, 0.2) is 0 Å². The van der Waals surface area contributed by atoms with E-state index in [2.05, 4.69) is 10.3 Å². The SMILES string of the molecule is CCNC(c1ccccc1F)c1cccnc1N. The van der Waals surface area contributed by atoms with Crippen molar-refractivity contribution >= 4 is 5.82 Å². The number of aromatic nitrogens is 1. The first-order chi connectivity index (χ1) is 8.74. The van der Waals surface area contributed by atoms with Crippen molar-refractivity contribution in [1.82, 2.24) is 10.3 Å². The predicted octanol–water partition coefficient (Wildman–Crippen LogP) is 2.50. The van der Waals surface area contributed by atoms with Gasteiger partial charge in [0.1, 0.15) is 11.6 Å². The lowest BCUT2D eigenvalue weighted by Crippen LogP contribution is -2.24. The van der Waals surface area contributed by atoms with Gasteiger partial charge in [0.25, 0.3) is 0 Å². The largest absolute Gasteiger partial charge is 0.383 e. The van der Waals surface area contributed by atoms with Crippen molar-refractivity contribution in [3.8, 4) is 0 Å². The third kappa shape index (κ3) is 2.49. The van der Waals surface area contributed by atoms with E-state index in [1.165, 1.54) is 6.07 Å². The van der Waals surface area contributed by atoms with E-state index < -0.39 is 0 Å². The molecule has 1 heterocycles. The molecule has 0 fully saturated rings. The maximum atomic E-state index is 13.9. The van der Waals surface area contributed by atoms with Crippen LogP contribution >= 0.6 is 0 Å². The first-order valence-electron chi connectivity index (χ1n) is 5.92. The van der Waals surface area contributed by atoms with Crippen molar-refractivity contribution in [1.29, 1.82) is 0 Å². The second kappa shape index (κ2) is 5.60. The molecule has 2 aromatic rings. The van der Waals surface area contributed by atoms with Crippen molar-refractivity contribution < 1.29 is 4.39 Å². The van der Waals surface area contributed by atoms with Gasteiger partial charge in [-0.05, 0) is 18.7 Å². The highest BCUT2D eigenvalue weighted by atomic mass is 19.1. The number of hydrogen-bond acceptors (Lipinski definition) is 3. The normalized spacial score (nSPS) is 12.3. The fraction of sp³-hybridized carbons (Fsp3) is 0.214. The minimum atomic E-state index is -0.273. The van der Waals surface area contributed by atoms with Crippen LogP contribution in [-0.4, -0.2) is 11.5 Å². The van der Waals surface area contributed by atoms with Gasteiger partial charge in [-0.3, -0.25) is 0 Å². The Morgan fingerprint density at radius 1 is 1.22 bits per heavy atom. The Balaban J connectivity index is 2.47. The van der Waals surface area contributed by atoms with Crippen LogP contribution in [0.1, 0.15) is 24.1 Å². The molecule has 0 saturated carbocycles. The monoisotopic (exact) mass is 245 g/mol. The zero-order chi connectivity index (χ0) is 13.0. The highest BCUT2D eigenvalue weighted by Crippen LogP contribution is 2.26. The van der Waals surface area contributed by atoms with Crippen LogP contribution in [0.5, 0.6) is 0 Å². The summed E-state index contributed by atoms with van der Waals surface area (Å²) in [4.78, 5) is 4.05. The molecule has 0 radical (unpaired) electrons. The van der Waals surface area contributed by atoms with E-state index in [4.69, 9.17) is 5.73 Å². The summed E-state index contributed by atoms with van der Waals surface area (Å²) in [5.41, 5.74) is 7.24. The Morgan fingerprint density at radius 2 is 1.94 bits per heavy atom. The lowest BCUT2D eigenvalue weighted by molar-refractivity contribution is 0.559. The van der Waals surface area contributed by atoms with Crippen LogP contribution in [0.2, 0.25) is 0 Å². The highest BCUT2D eigenvalue weighted by molar-refractivity contribution is 5.45. The maximum Gasteiger partial charge on any atom is 0.128 e. The van der Waals surface area contributed by atoms with E-state index in [1.807, 2.05) is 19.1 Å². The molecule has 1 aromatic heterocycles. The number of nitrogen functional groups attached to an aromatic ring is 1. The topological polar surface area (TPSA) is 50.9 Å². The third-order valence-electron chi connectivity index (χ3n) is 2.81. The lowest BCUT2D eigenvalue weighted by Gasteiger charge is -2.20. The lowest BCUT2D eigenvalue weighted by atomic mass is 9.98. The highest BCUT2D eigenvalue weighted by Gasteiger charge is 2.18. The van der Waals surface area contributed by atoms with Crippen LogP contribution in [-0.2, 0) is 0 Å². The molecule has 1 atom stereocenters. The minimum Gasteiger partial charge on any atom is -0.383 e. The summed E-state index contributed by atoms with van der Waals surface area (Å²) in [5.74, 6) is 0.179. The molecule has 0 aliphatic carbocycles. The van der Waals surface area contributed by atoms with Crippen LogP contribution in [0.25, 0.3) is 0 Å². The number of nitrogens with two attached hydrogens (primary N) is 1. The molecule has 0 spiro atoms. The van der Waals surface area contributed by atoms with Crippen LogP contribution in [0, 0.1) is 5.82 Å². The molecule has 94 valence electrons. The third-order valence-corrected chi connectivity index (χ3v) is 2.81. The summed E-state index contributed by atoms with van der Waals surface area (Å²) < 4.78 is 13.9. The summed E-state index contributed by atoms with van der Waals surface area (Å²) >= 11 is 0. The molecular formula is C14H16FN3. The standard InChI is InChI=1S/C14H16FN3/c1-2-17-13(10-6-3-4-8-12(10)15)11-7-5-9-18-14(11)16/h3-9,13,17H,2H2,1H3,(H2,16,18). The molecule has 0 aliphatic heterocycles. The molecule has 3 N–H and O–H groups in total. The smallest absolute Gasteiger partial charge is 0.128 e. The zero-order valence-corrected chi connectivity index (χ0v) is 10.2. The Kier molecular flexibility index (Phi) is 3.89. The maximum absolute atomic E-state index is 13.9. The van der Waals surface area contributed by atoms with Gasteiger partial charge in [0, 0.05) is 17.3 Å². The van der Waals surface area contributed by atoms with Crippen molar-refractivity contribution in [2.24, 2.45) is 0 Å². The molecular weight excluding hydrogens is 229 g/mol. The van der Waals surface area contributed by atoms with E-state index in [0.29, 0.717) is 17.9 Å². The molecule has 18 heavy (non-hydrogen) atoms.